The minimum Gasteiger partial charge on any atom is -0.490 e. The highest BCUT2D eigenvalue weighted by atomic mass is 35.5. The van der Waals surface area contributed by atoms with Crippen molar-refractivity contribution < 1.29 is 19.0 Å². The van der Waals surface area contributed by atoms with Crippen LogP contribution in [0.5, 0.6) is 11.5 Å². The Morgan fingerprint density at radius 1 is 1.02 bits per heavy atom. The maximum absolute atomic E-state index is 14.1. The van der Waals surface area contributed by atoms with E-state index in [2.05, 4.69) is 15.6 Å². The second-order valence-corrected chi connectivity index (χ2v) is 11.5. The minimum atomic E-state index is -0.766. The number of thiazole rings is 1. The van der Waals surface area contributed by atoms with Crippen molar-refractivity contribution in [3.63, 3.8) is 0 Å². The van der Waals surface area contributed by atoms with E-state index in [0.29, 0.717) is 51.2 Å². The average molecular weight is 628 g/mol. The number of carbonyl (C=O) groups is 1. The molecule has 0 N–H and O–H groups in total. The van der Waals surface area contributed by atoms with Crippen LogP contribution in [0.2, 0.25) is 5.02 Å². The van der Waals surface area contributed by atoms with Crippen LogP contribution in [-0.4, -0.2) is 35.4 Å². The molecule has 3 aromatic carbocycles. The van der Waals surface area contributed by atoms with E-state index in [9.17, 15) is 9.59 Å². The normalized spacial score (nSPS) is 14.6. The zero-order valence-electron chi connectivity index (χ0n) is 24.5. The van der Waals surface area contributed by atoms with Gasteiger partial charge in [-0.3, -0.25) is 9.36 Å². The van der Waals surface area contributed by atoms with Gasteiger partial charge in [0, 0.05) is 40.4 Å². The smallest absolute Gasteiger partial charge is 0.337 e. The Morgan fingerprint density at radius 3 is 2.55 bits per heavy atom. The van der Waals surface area contributed by atoms with Crippen molar-refractivity contribution in [2.24, 2.45) is 4.99 Å². The van der Waals surface area contributed by atoms with Gasteiger partial charge in [0.1, 0.15) is 0 Å². The van der Waals surface area contributed by atoms with Crippen molar-refractivity contribution in [2.75, 3.05) is 20.3 Å². The molecule has 0 bridgehead atoms. The lowest BCUT2D eigenvalue weighted by atomic mass is 9.97. The molecule has 8 nitrogen and oxygen atoms in total. The summed E-state index contributed by atoms with van der Waals surface area (Å²) >= 11 is 7.75. The number of fused-ring (bicyclic) bond motifs is 2. The summed E-state index contributed by atoms with van der Waals surface area (Å²) in [4.78, 5) is 32.1. The van der Waals surface area contributed by atoms with E-state index >= 15 is 0 Å². The Morgan fingerprint density at radius 2 is 1.77 bits per heavy atom. The van der Waals surface area contributed by atoms with Crippen LogP contribution in [0.1, 0.15) is 36.6 Å². The largest absolute Gasteiger partial charge is 0.490 e. The summed E-state index contributed by atoms with van der Waals surface area (Å²) < 4.78 is 20.9. The van der Waals surface area contributed by atoms with E-state index in [-0.39, 0.29) is 11.1 Å². The Bertz CT molecular complexity index is 2090. The van der Waals surface area contributed by atoms with Gasteiger partial charge in [0.15, 0.2) is 16.3 Å². The Balaban J connectivity index is 1.49. The highest BCUT2D eigenvalue weighted by Gasteiger charge is 2.31. The summed E-state index contributed by atoms with van der Waals surface area (Å²) in [5, 5.41) is 1.70. The highest BCUT2D eigenvalue weighted by Crippen LogP contribution is 2.35. The Labute approximate surface area is 262 Å². The average Bonchev–Trinajstić information content (AvgIpc) is 3.55. The molecule has 0 saturated heterocycles. The van der Waals surface area contributed by atoms with Crippen LogP contribution in [0, 0.1) is 0 Å². The molecule has 0 spiro atoms. The summed E-state index contributed by atoms with van der Waals surface area (Å²) in [7, 11) is 1.31. The van der Waals surface area contributed by atoms with Gasteiger partial charge in [-0.2, -0.15) is 0 Å². The van der Waals surface area contributed by atoms with E-state index in [0.717, 1.165) is 22.0 Å². The molecule has 5 aromatic rings. The van der Waals surface area contributed by atoms with E-state index in [4.69, 9.17) is 25.8 Å². The third-order valence-electron chi connectivity index (χ3n) is 7.41. The highest BCUT2D eigenvalue weighted by molar-refractivity contribution is 7.07. The third-order valence-corrected chi connectivity index (χ3v) is 8.78. The first-order chi connectivity index (χ1) is 21.4. The second-order valence-electron chi connectivity index (χ2n) is 10.1. The quantitative estimate of drug-likeness (QED) is 0.202. The van der Waals surface area contributed by atoms with E-state index in [1.54, 1.807) is 16.7 Å². The topological polar surface area (TPSA) is 84.0 Å². The first kappa shape index (κ1) is 29.5. The predicted molar refractivity (Wildman–Crippen MR) is 172 cm³/mol. The number of hydrogen-bond acceptors (Lipinski definition) is 7. The number of aromatic nitrogens is 2. The zero-order chi connectivity index (χ0) is 30.8. The number of rotatable bonds is 9. The van der Waals surface area contributed by atoms with Gasteiger partial charge in [-0.05, 0) is 55.3 Å². The van der Waals surface area contributed by atoms with Gasteiger partial charge >= 0.3 is 5.97 Å². The van der Waals surface area contributed by atoms with Crippen LogP contribution in [0.4, 0.5) is 0 Å². The molecule has 0 fully saturated rings. The monoisotopic (exact) mass is 627 g/mol. The molecular formula is C34H30ClN3O5S. The molecule has 3 heterocycles. The molecule has 224 valence electrons. The fourth-order valence-corrected chi connectivity index (χ4v) is 6.62. The zero-order valence-corrected chi connectivity index (χ0v) is 26.0. The fraction of sp³-hybridized carbons (Fsp3) is 0.206. The number of halogens is 1. The van der Waals surface area contributed by atoms with E-state index in [1.807, 2.05) is 74.7 Å². The first-order valence-corrected chi connectivity index (χ1v) is 15.4. The van der Waals surface area contributed by atoms with Crippen molar-refractivity contribution in [3.05, 3.63) is 126 Å². The molecule has 0 saturated carbocycles. The van der Waals surface area contributed by atoms with Gasteiger partial charge in [-0.1, -0.05) is 65.4 Å². The maximum atomic E-state index is 14.1. The van der Waals surface area contributed by atoms with Gasteiger partial charge in [-0.15, -0.1) is 0 Å². The van der Waals surface area contributed by atoms with Crippen LogP contribution >= 0.6 is 22.9 Å². The fourth-order valence-electron chi connectivity index (χ4n) is 5.46. The van der Waals surface area contributed by atoms with Crippen LogP contribution in [-0.2, 0) is 16.1 Å². The minimum absolute atomic E-state index is 0.245. The van der Waals surface area contributed by atoms with Crippen molar-refractivity contribution in [1.29, 1.82) is 0 Å². The Hall–Kier alpha value is -4.60. The molecule has 6 rings (SSSR count). The lowest BCUT2D eigenvalue weighted by Gasteiger charge is -2.23. The summed E-state index contributed by atoms with van der Waals surface area (Å²) in [6, 6.07) is 20.5. The number of methoxy groups -OCH3 is 1. The first-order valence-electron chi connectivity index (χ1n) is 14.2. The molecule has 1 aliphatic rings. The Kier molecular flexibility index (Phi) is 8.41. The molecule has 2 aromatic heterocycles. The molecule has 0 radical (unpaired) electrons. The number of hydrogen-bond donors (Lipinski definition) is 0. The predicted octanol–water partition coefficient (Wildman–Crippen LogP) is 5.47. The van der Waals surface area contributed by atoms with Gasteiger partial charge < -0.3 is 18.8 Å². The number of nitrogens with zero attached hydrogens (tertiary/aromatic N) is 3. The molecule has 1 atom stereocenters. The van der Waals surface area contributed by atoms with Crippen LogP contribution in [0.25, 0.3) is 17.0 Å². The van der Waals surface area contributed by atoms with Crippen molar-refractivity contribution in [3.8, 4) is 11.5 Å². The molecule has 44 heavy (non-hydrogen) atoms. The standard InChI is InChI=1S/C34H30ClN3O5S/c1-4-42-28-15-14-21(16-29(28)43-5-2)31-25(33(40)41-3)18-36-34-38(31)32(39)30(44-34)17-23-20-37(27-13-9-7-11-24(23)27)19-22-10-6-8-12-26(22)35/h6-18,20,31H,4-5,19H2,1-3H3/b30-17+/t31-/m0/s1. The number of esters is 1. The molecule has 0 aliphatic carbocycles. The van der Waals surface area contributed by atoms with Crippen LogP contribution in [0.3, 0.4) is 0 Å². The van der Waals surface area contributed by atoms with Gasteiger partial charge in [0.25, 0.3) is 5.56 Å². The van der Waals surface area contributed by atoms with Gasteiger partial charge in [0.2, 0.25) is 0 Å². The summed E-state index contributed by atoms with van der Waals surface area (Å²) in [5.41, 5.74) is 3.57. The van der Waals surface area contributed by atoms with Gasteiger partial charge in [-0.25, -0.2) is 9.79 Å². The van der Waals surface area contributed by atoms with Gasteiger partial charge in [0.05, 0.1) is 36.5 Å². The van der Waals surface area contributed by atoms with E-state index < -0.39 is 12.0 Å². The summed E-state index contributed by atoms with van der Waals surface area (Å²) in [6.45, 7) is 5.26. The SMILES string of the molecule is CCOc1ccc([C@H]2C(C(=O)OC)=CN=c3s/c(=C/c4cn(Cc5ccccc5Cl)c5ccccc45)c(=O)n32)cc1OCC. The van der Waals surface area contributed by atoms with Crippen LogP contribution < -0.4 is 24.4 Å². The van der Waals surface area contributed by atoms with E-state index in [1.165, 1.54) is 24.6 Å². The van der Waals surface area contributed by atoms with Crippen molar-refractivity contribution in [2.45, 2.75) is 26.4 Å². The molecule has 1 aliphatic heterocycles. The molecular weight excluding hydrogens is 598 g/mol. The molecule has 10 heteroatoms. The number of para-hydroxylation sites is 1. The molecule has 0 amide bonds. The third kappa shape index (κ3) is 5.44. The van der Waals surface area contributed by atoms with Crippen LogP contribution in [0.15, 0.2) is 94.5 Å². The van der Waals surface area contributed by atoms with Crippen molar-refractivity contribution in [1.82, 2.24) is 9.13 Å². The maximum Gasteiger partial charge on any atom is 0.337 e. The number of ether oxygens (including phenoxy) is 3. The van der Waals surface area contributed by atoms with Crippen molar-refractivity contribution >= 4 is 45.9 Å². The second kappa shape index (κ2) is 12.6. The lowest BCUT2D eigenvalue weighted by molar-refractivity contribution is -0.136. The summed E-state index contributed by atoms with van der Waals surface area (Å²) in [5.74, 6) is 0.548. The number of benzene rings is 3. The number of carbonyl (C=O) groups excluding carboxylic acids is 1. The summed E-state index contributed by atoms with van der Waals surface area (Å²) in [6.07, 6.45) is 5.40. The molecule has 0 unspecified atom stereocenters. The lowest BCUT2D eigenvalue weighted by Crippen LogP contribution is -2.39.